The van der Waals surface area contributed by atoms with E-state index >= 15 is 0 Å². The van der Waals surface area contributed by atoms with E-state index in [9.17, 15) is 9.59 Å². The number of rotatable bonds is 9. The molecule has 1 heterocycles. The summed E-state index contributed by atoms with van der Waals surface area (Å²) in [4.78, 5) is 24.9. The predicted molar refractivity (Wildman–Crippen MR) is 130 cm³/mol. The Morgan fingerprint density at radius 1 is 0.829 bits per heavy atom. The van der Waals surface area contributed by atoms with Crippen LogP contribution in [-0.2, 0) is 13.2 Å². The van der Waals surface area contributed by atoms with Gasteiger partial charge in [0.1, 0.15) is 17.9 Å². The van der Waals surface area contributed by atoms with Gasteiger partial charge in [-0.1, -0.05) is 60.7 Å². The SMILES string of the molecule is O=C(C[n+]1cccc(C(=O)NN=Cc2ccc(OCc3ccccc3)cc2)c1)c1ccccc1.[Br-]. The number of Topliss-reactive ketones (excluding diaryl/α,β-unsaturated/α-hetero) is 1. The highest BCUT2D eigenvalue weighted by molar-refractivity contribution is 5.95. The van der Waals surface area contributed by atoms with Crippen LogP contribution in [0.4, 0.5) is 0 Å². The van der Waals surface area contributed by atoms with Crippen molar-refractivity contribution in [2.75, 3.05) is 0 Å². The van der Waals surface area contributed by atoms with Gasteiger partial charge in [0.15, 0.2) is 12.4 Å². The Morgan fingerprint density at radius 2 is 1.49 bits per heavy atom. The van der Waals surface area contributed by atoms with Crippen LogP contribution in [0.3, 0.4) is 0 Å². The van der Waals surface area contributed by atoms with Crippen molar-refractivity contribution in [2.45, 2.75) is 13.2 Å². The molecular weight excluding hydrogens is 506 g/mol. The fourth-order valence-electron chi connectivity index (χ4n) is 3.26. The molecule has 0 aliphatic heterocycles. The third kappa shape index (κ3) is 7.72. The molecule has 0 spiro atoms. The molecule has 1 N–H and O–H groups in total. The molecule has 7 heteroatoms. The second-order valence-corrected chi connectivity index (χ2v) is 7.60. The van der Waals surface area contributed by atoms with E-state index in [0.717, 1.165) is 16.9 Å². The maximum absolute atomic E-state index is 12.5. The molecule has 0 bridgehead atoms. The van der Waals surface area contributed by atoms with E-state index in [1.807, 2.05) is 72.8 Å². The molecule has 35 heavy (non-hydrogen) atoms. The molecule has 6 nitrogen and oxygen atoms in total. The normalized spacial score (nSPS) is 10.4. The molecule has 1 aromatic heterocycles. The molecule has 1 amide bonds. The highest BCUT2D eigenvalue weighted by Crippen LogP contribution is 2.13. The van der Waals surface area contributed by atoms with E-state index in [1.54, 1.807) is 47.4 Å². The number of carbonyl (C=O) groups excluding carboxylic acids is 2. The summed E-state index contributed by atoms with van der Waals surface area (Å²) < 4.78 is 7.46. The Morgan fingerprint density at radius 3 is 2.20 bits per heavy atom. The van der Waals surface area contributed by atoms with Crippen molar-refractivity contribution in [3.63, 3.8) is 0 Å². The third-order valence-corrected chi connectivity index (χ3v) is 5.05. The van der Waals surface area contributed by atoms with Crippen molar-refractivity contribution in [3.8, 4) is 5.75 Å². The molecule has 0 atom stereocenters. The van der Waals surface area contributed by atoms with E-state index in [2.05, 4.69) is 10.5 Å². The minimum atomic E-state index is -0.361. The number of carbonyl (C=O) groups is 2. The molecule has 4 aromatic rings. The quantitative estimate of drug-likeness (QED) is 0.153. The molecule has 0 saturated heterocycles. The fraction of sp³-hybridized carbons (Fsp3) is 0.0714. The van der Waals surface area contributed by atoms with Crippen LogP contribution in [0, 0.1) is 0 Å². The number of hydrogen-bond acceptors (Lipinski definition) is 4. The van der Waals surface area contributed by atoms with Crippen LogP contribution < -0.4 is 31.7 Å². The van der Waals surface area contributed by atoms with E-state index in [1.165, 1.54) is 0 Å². The molecule has 0 saturated carbocycles. The topological polar surface area (TPSA) is 71.6 Å². The first kappa shape index (κ1) is 25.5. The maximum atomic E-state index is 12.5. The molecular formula is C28H24BrN3O3. The summed E-state index contributed by atoms with van der Waals surface area (Å²) in [5, 5.41) is 4.04. The van der Waals surface area contributed by atoms with Crippen molar-refractivity contribution < 1.29 is 35.9 Å². The van der Waals surface area contributed by atoms with Gasteiger partial charge in [-0.3, -0.25) is 9.59 Å². The summed E-state index contributed by atoms with van der Waals surface area (Å²) in [7, 11) is 0. The van der Waals surface area contributed by atoms with Crippen molar-refractivity contribution in [2.24, 2.45) is 5.10 Å². The average molecular weight is 530 g/mol. The minimum absolute atomic E-state index is 0. The summed E-state index contributed by atoms with van der Waals surface area (Å²) in [6, 6.07) is 29.9. The first-order valence-electron chi connectivity index (χ1n) is 10.8. The number of hydrazone groups is 1. The Bertz CT molecular complexity index is 1280. The van der Waals surface area contributed by atoms with Crippen LogP contribution >= 0.6 is 0 Å². The van der Waals surface area contributed by atoms with E-state index in [4.69, 9.17) is 4.74 Å². The fourth-order valence-corrected chi connectivity index (χ4v) is 3.26. The first-order valence-corrected chi connectivity index (χ1v) is 10.8. The standard InChI is InChI=1S/C28H23N3O3.BrH/c32-27(24-10-5-2-6-11-24)20-31-17-7-12-25(19-31)28(33)30-29-18-22-13-15-26(16-14-22)34-21-23-8-3-1-4-9-23;/h1-19H,20-21H2;1H. The number of ketones is 1. The number of ether oxygens (including phenoxy) is 1. The lowest BCUT2D eigenvalue weighted by Crippen LogP contribution is -3.00. The van der Waals surface area contributed by atoms with Gasteiger partial charge in [0.05, 0.1) is 6.21 Å². The van der Waals surface area contributed by atoms with Crippen molar-refractivity contribution >= 4 is 17.9 Å². The molecule has 176 valence electrons. The van der Waals surface area contributed by atoms with Gasteiger partial charge in [0.2, 0.25) is 12.3 Å². The minimum Gasteiger partial charge on any atom is -1.00 e. The van der Waals surface area contributed by atoms with Gasteiger partial charge >= 0.3 is 0 Å². The molecule has 0 radical (unpaired) electrons. The van der Waals surface area contributed by atoms with Gasteiger partial charge in [0, 0.05) is 11.6 Å². The Balaban J connectivity index is 0.00000342. The summed E-state index contributed by atoms with van der Waals surface area (Å²) in [5.41, 5.74) is 5.48. The van der Waals surface area contributed by atoms with E-state index < -0.39 is 0 Å². The lowest BCUT2D eigenvalue weighted by atomic mass is 10.1. The van der Waals surface area contributed by atoms with E-state index in [0.29, 0.717) is 17.7 Å². The summed E-state index contributed by atoms with van der Waals surface area (Å²) in [5.74, 6) is 0.363. The smallest absolute Gasteiger partial charge is 0.277 e. The number of amides is 1. The van der Waals surface area contributed by atoms with Crippen molar-refractivity contribution in [1.82, 2.24) is 5.43 Å². The second kappa shape index (κ2) is 13.0. The van der Waals surface area contributed by atoms with Crippen LogP contribution in [0.2, 0.25) is 0 Å². The van der Waals surface area contributed by atoms with Gasteiger partial charge in [-0.15, -0.1) is 0 Å². The number of benzene rings is 3. The number of halogens is 1. The van der Waals surface area contributed by atoms with Gasteiger partial charge in [-0.2, -0.15) is 9.67 Å². The second-order valence-electron chi connectivity index (χ2n) is 7.60. The summed E-state index contributed by atoms with van der Waals surface area (Å²) in [6.07, 6.45) is 4.95. The van der Waals surface area contributed by atoms with Crippen LogP contribution in [0.1, 0.15) is 31.8 Å². The van der Waals surface area contributed by atoms with Gasteiger partial charge in [-0.05, 0) is 41.5 Å². The Labute approximate surface area is 214 Å². The average Bonchev–Trinajstić information content (AvgIpc) is 2.89. The highest BCUT2D eigenvalue weighted by Gasteiger charge is 2.14. The van der Waals surface area contributed by atoms with Crippen molar-refractivity contribution in [3.05, 3.63) is 132 Å². The van der Waals surface area contributed by atoms with Gasteiger partial charge in [-0.25, -0.2) is 5.43 Å². The zero-order valence-electron chi connectivity index (χ0n) is 18.9. The third-order valence-electron chi connectivity index (χ3n) is 5.05. The van der Waals surface area contributed by atoms with Gasteiger partial charge in [0.25, 0.3) is 5.91 Å². The first-order chi connectivity index (χ1) is 16.7. The number of nitrogens with zero attached hydrogens (tertiary/aromatic N) is 2. The van der Waals surface area contributed by atoms with Crippen LogP contribution in [0.15, 0.2) is 115 Å². The Hall–Kier alpha value is -4.10. The zero-order valence-corrected chi connectivity index (χ0v) is 20.5. The lowest BCUT2D eigenvalue weighted by Gasteiger charge is -2.06. The number of hydrogen-bond donors (Lipinski definition) is 1. The lowest BCUT2D eigenvalue weighted by molar-refractivity contribution is -0.683. The van der Waals surface area contributed by atoms with Crippen LogP contribution in [0.5, 0.6) is 5.75 Å². The zero-order chi connectivity index (χ0) is 23.6. The largest absolute Gasteiger partial charge is 1.00 e. The highest BCUT2D eigenvalue weighted by atomic mass is 79.9. The number of aromatic nitrogens is 1. The maximum Gasteiger partial charge on any atom is 0.277 e. The monoisotopic (exact) mass is 529 g/mol. The molecule has 0 fully saturated rings. The Kier molecular flexibility index (Phi) is 9.45. The van der Waals surface area contributed by atoms with E-state index in [-0.39, 0.29) is 35.2 Å². The molecule has 0 unspecified atom stereocenters. The van der Waals surface area contributed by atoms with Crippen molar-refractivity contribution in [1.29, 1.82) is 0 Å². The predicted octanol–water partition coefficient (Wildman–Crippen LogP) is 1.20. The van der Waals surface area contributed by atoms with Crippen LogP contribution in [-0.4, -0.2) is 17.9 Å². The molecule has 0 aliphatic rings. The van der Waals surface area contributed by atoms with Crippen LogP contribution in [0.25, 0.3) is 0 Å². The molecule has 4 rings (SSSR count). The summed E-state index contributed by atoms with van der Waals surface area (Å²) in [6.45, 7) is 0.644. The number of nitrogens with one attached hydrogen (secondary N) is 1. The molecule has 0 aliphatic carbocycles. The number of pyridine rings is 1. The molecule has 3 aromatic carbocycles. The van der Waals surface area contributed by atoms with Gasteiger partial charge < -0.3 is 21.7 Å². The summed E-state index contributed by atoms with van der Waals surface area (Å²) >= 11 is 0.